The molecule has 0 aliphatic carbocycles. The van der Waals surface area contributed by atoms with Gasteiger partial charge in [0.15, 0.2) is 18.9 Å². The van der Waals surface area contributed by atoms with E-state index in [1.54, 1.807) is 24.3 Å². The lowest BCUT2D eigenvalue weighted by molar-refractivity contribution is -0.379. The highest BCUT2D eigenvalue weighted by molar-refractivity contribution is 5.13. The van der Waals surface area contributed by atoms with Crippen molar-refractivity contribution in [2.45, 2.75) is 98.7 Å². The number of benzene rings is 1. The van der Waals surface area contributed by atoms with Crippen molar-refractivity contribution in [2.75, 3.05) is 19.8 Å². The molecule has 234 valence electrons. The zero-order valence-electron chi connectivity index (χ0n) is 21.8. The van der Waals surface area contributed by atoms with Crippen LogP contribution < -0.4 is 0 Å². The summed E-state index contributed by atoms with van der Waals surface area (Å²) in [7, 11) is 0. The summed E-state index contributed by atoms with van der Waals surface area (Å²) in [6, 6.07) is 8.94. The number of aliphatic hydroxyl groups excluding tert-OH is 10. The minimum atomic E-state index is -1.90. The van der Waals surface area contributed by atoms with Crippen LogP contribution in [0.25, 0.3) is 0 Å². The van der Waals surface area contributed by atoms with E-state index in [1.807, 2.05) is 6.07 Å². The first-order chi connectivity index (χ1) is 19.6. The van der Waals surface area contributed by atoms with Crippen molar-refractivity contribution < 1.29 is 79.5 Å². The highest BCUT2D eigenvalue weighted by Gasteiger charge is 2.53. The molecule has 41 heavy (non-hydrogen) atoms. The number of ether oxygens (including phenoxy) is 6. The summed E-state index contributed by atoms with van der Waals surface area (Å²) in [6.07, 6.45) is -24.2. The Morgan fingerprint density at radius 3 is 1.46 bits per heavy atom. The fraction of sp³-hybridized carbons (Fsp3) is 0.760. The molecule has 0 saturated carbocycles. The van der Waals surface area contributed by atoms with Gasteiger partial charge in [0, 0.05) is 0 Å². The molecule has 3 aliphatic rings. The molecule has 0 unspecified atom stereocenters. The molecule has 16 nitrogen and oxygen atoms in total. The van der Waals surface area contributed by atoms with E-state index in [0.29, 0.717) is 0 Å². The smallest absolute Gasteiger partial charge is 0.187 e. The van der Waals surface area contributed by atoms with E-state index in [4.69, 9.17) is 28.4 Å². The van der Waals surface area contributed by atoms with Crippen molar-refractivity contribution in [1.29, 1.82) is 0 Å². The first-order valence-corrected chi connectivity index (χ1v) is 13.1. The molecule has 1 aromatic carbocycles. The average molecular weight is 595 g/mol. The summed E-state index contributed by atoms with van der Waals surface area (Å²) >= 11 is 0. The Hall–Kier alpha value is -1.42. The Labute approximate surface area is 234 Å². The van der Waals surface area contributed by atoms with Crippen molar-refractivity contribution in [3.05, 3.63) is 35.9 Å². The molecule has 0 aromatic heterocycles. The van der Waals surface area contributed by atoms with Gasteiger partial charge < -0.3 is 79.5 Å². The van der Waals surface area contributed by atoms with E-state index < -0.39 is 112 Å². The lowest BCUT2D eigenvalue weighted by atomic mass is 9.96. The average Bonchev–Trinajstić information content (AvgIpc) is 2.99. The van der Waals surface area contributed by atoms with Gasteiger partial charge in [-0.15, -0.1) is 0 Å². The van der Waals surface area contributed by atoms with Gasteiger partial charge in [-0.1, -0.05) is 30.3 Å². The fourth-order valence-electron chi connectivity index (χ4n) is 4.93. The largest absolute Gasteiger partial charge is 0.394 e. The molecule has 1 aromatic rings. The second-order valence-electron chi connectivity index (χ2n) is 10.1. The summed E-state index contributed by atoms with van der Waals surface area (Å²) in [6.45, 7) is -2.21. The topological polar surface area (TPSA) is 258 Å². The SMILES string of the molecule is OC[C@H]1O[C@@H](O[C@H]2[C@H](O)[C@@H](O)[C@H](O[C@H]3[C@H](O)[C@@H](O)[C@H](OCc4ccccc4)O[C@@H]3CO)O[C@@H]2CO)[C@H](O)[C@@H](O)[C@H]1O. The molecule has 0 radical (unpaired) electrons. The molecule has 4 rings (SSSR count). The van der Waals surface area contributed by atoms with Gasteiger partial charge in [-0.25, -0.2) is 0 Å². The number of hydrogen-bond donors (Lipinski definition) is 10. The summed E-state index contributed by atoms with van der Waals surface area (Å²) in [5.41, 5.74) is 0.764. The van der Waals surface area contributed by atoms with Crippen molar-refractivity contribution in [2.24, 2.45) is 0 Å². The number of hydrogen-bond acceptors (Lipinski definition) is 16. The van der Waals surface area contributed by atoms with Crippen molar-refractivity contribution in [3.63, 3.8) is 0 Å². The molecule has 0 bridgehead atoms. The first kappa shape index (κ1) is 32.5. The molecule has 3 saturated heterocycles. The van der Waals surface area contributed by atoms with Crippen molar-refractivity contribution >= 4 is 0 Å². The zero-order chi connectivity index (χ0) is 29.8. The van der Waals surface area contributed by atoms with Crippen LogP contribution in [-0.4, -0.2) is 163 Å². The van der Waals surface area contributed by atoms with Crippen LogP contribution in [0.15, 0.2) is 30.3 Å². The van der Waals surface area contributed by atoms with Crippen LogP contribution in [0.5, 0.6) is 0 Å². The number of rotatable bonds is 10. The fourth-order valence-corrected chi connectivity index (χ4v) is 4.93. The second-order valence-corrected chi connectivity index (χ2v) is 10.1. The quantitative estimate of drug-likeness (QED) is 0.121. The minimum Gasteiger partial charge on any atom is -0.394 e. The van der Waals surface area contributed by atoms with Gasteiger partial charge in [-0.2, -0.15) is 0 Å². The van der Waals surface area contributed by atoms with Gasteiger partial charge in [0.05, 0.1) is 26.4 Å². The van der Waals surface area contributed by atoms with E-state index in [9.17, 15) is 51.1 Å². The Morgan fingerprint density at radius 2 is 0.951 bits per heavy atom. The molecule has 0 spiro atoms. The van der Waals surface area contributed by atoms with Gasteiger partial charge in [-0.05, 0) is 5.56 Å². The van der Waals surface area contributed by atoms with Crippen LogP contribution in [0.1, 0.15) is 5.56 Å². The Kier molecular flexibility index (Phi) is 11.4. The van der Waals surface area contributed by atoms with Crippen LogP contribution in [0.2, 0.25) is 0 Å². The highest BCUT2D eigenvalue weighted by Crippen LogP contribution is 2.32. The van der Waals surface area contributed by atoms with E-state index in [2.05, 4.69) is 0 Å². The molecule has 0 amide bonds. The lowest BCUT2D eigenvalue weighted by Gasteiger charge is -2.48. The van der Waals surface area contributed by atoms with Gasteiger partial charge in [-0.3, -0.25) is 0 Å². The number of aliphatic hydroxyl groups is 10. The lowest BCUT2D eigenvalue weighted by Crippen LogP contribution is -2.66. The molecular weight excluding hydrogens is 556 g/mol. The van der Waals surface area contributed by atoms with Gasteiger partial charge in [0.1, 0.15) is 73.2 Å². The normalized spacial score (nSPS) is 45.5. The maximum absolute atomic E-state index is 10.8. The van der Waals surface area contributed by atoms with E-state index >= 15 is 0 Å². The third-order valence-corrected chi connectivity index (χ3v) is 7.33. The van der Waals surface area contributed by atoms with Crippen LogP contribution in [0.4, 0.5) is 0 Å². The van der Waals surface area contributed by atoms with Gasteiger partial charge in [0.2, 0.25) is 0 Å². The van der Waals surface area contributed by atoms with Crippen LogP contribution in [0, 0.1) is 0 Å². The van der Waals surface area contributed by atoms with Crippen LogP contribution >= 0.6 is 0 Å². The van der Waals surface area contributed by atoms with Gasteiger partial charge >= 0.3 is 0 Å². The molecular formula is C25H38O16. The zero-order valence-corrected chi connectivity index (χ0v) is 21.8. The van der Waals surface area contributed by atoms with Gasteiger partial charge in [0.25, 0.3) is 0 Å². The monoisotopic (exact) mass is 594 g/mol. The third-order valence-electron chi connectivity index (χ3n) is 7.33. The van der Waals surface area contributed by atoms with E-state index in [0.717, 1.165) is 5.56 Å². The molecule has 3 aliphatic heterocycles. The van der Waals surface area contributed by atoms with Crippen molar-refractivity contribution in [1.82, 2.24) is 0 Å². The minimum absolute atomic E-state index is 0.0314. The standard InChI is InChI=1S/C25H38O16/c26-6-11-14(29)15(30)18(33)24(37-11)40-22-13(8-28)39-25(20(35)17(22)32)41-21-12(7-27)38-23(19(34)16(21)31)36-9-10-4-2-1-3-5-10/h1-5,11-35H,6-9H2/t11-,12-,13-,14+,15+,16-,17-,18-,19-,20-,21-,22-,23-,24+,25+/m1/s1. The van der Waals surface area contributed by atoms with Crippen LogP contribution in [0.3, 0.4) is 0 Å². The molecule has 15 atom stereocenters. The third kappa shape index (κ3) is 7.05. The Bertz CT molecular complexity index is 920. The van der Waals surface area contributed by atoms with E-state index in [1.165, 1.54) is 0 Å². The molecule has 3 heterocycles. The molecule has 10 N–H and O–H groups in total. The maximum atomic E-state index is 10.8. The summed E-state index contributed by atoms with van der Waals surface area (Å²) < 4.78 is 33.1. The van der Waals surface area contributed by atoms with Crippen molar-refractivity contribution in [3.8, 4) is 0 Å². The Balaban J connectivity index is 1.41. The second kappa shape index (κ2) is 14.4. The Morgan fingerprint density at radius 1 is 0.512 bits per heavy atom. The van der Waals surface area contributed by atoms with Crippen LogP contribution in [-0.2, 0) is 35.0 Å². The molecule has 16 heteroatoms. The predicted octanol–water partition coefficient (Wildman–Crippen LogP) is -5.35. The van der Waals surface area contributed by atoms with E-state index in [-0.39, 0.29) is 6.61 Å². The first-order valence-electron chi connectivity index (χ1n) is 13.1. The summed E-state index contributed by atoms with van der Waals surface area (Å²) in [5, 5.41) is 102. The highest BCUT2D eigenvalue weighted by atomic mass is 16.8. The predicted molar refractivity (Wildman–Crippen MR) is 130 cm³/mol. The molecule has 3 fully saturated rings. The summed E-state index contributed by atoms with van der Waals surface area (Å²) in [5.74, 6) is 0. The summed E-state index contributed by atoms with van der Waals surface area (Å²) in [4.78, 5) is 0. The maximum Gasteiger partial charge on any atom is 0.187 e.